The normalized spacial score (nSPS) is 38.0. The molecular formula is C20H29ClN2O. The average molecular weight is 349 g/mol. The molecule has 0 aromatic heterocycles. The minimum absolute atomic E-state index is 0. The Bertz CT molecular complexity index is 576. The zero-order chi connectivity index (χ0) is 16.0. The van der Waals surface area contributed by atoms with Gasteiger partial charge in [-0.15, -0.1) is 12.4 Å². The van der Waals surface area contributed by atoms with Gasteiger partial charge in [0.25, 0.3) is 0 Å². The highest BCUT2D eigenvalue weighted by Crippen LogP contribution is 2.48. The standard InChI is InChI=1S/C20H28N2O.ClH/c1-13-12-22(10-9-17(13)14-5-3-2-4-6-14)20(23)18-15-7-8-16(11-15)19(18)21;/h2-6,13,15-19H,7-12,21H2,1H3;1H. The van der Waals surface area contributed by atoms with E-state index in [9.17, 15) is 4.79 Å². The molecule has 1 saturated heterocycles. The number of rotatable bonds is 2. The Hall–Kier alpha value is -1.06. The van der Waals surface area contributed by atoms with Gasteiger partial charge in [-0.05, 0) is 54.9 Å². The maximum absolute atomic E-state index is 13.0. The van der Waals surface area contributed by atoms with E-state index < -0.39 is 0 Å². The molecule has 6 atom stereocenters. The Morgan fingerprint density at radius 2 is 1.83 bits per heavy atom. The van der Waals surface area contributed by atoms with Crippen LogP contribution in [-0.2, 0) is 4.79 Å². The highest BCUT2D eigenvalue weighted by molar-refractivity contribution is 5.85. The minimum Gasteiger partial charge on any atom is -0.342 e. The molecule has 1 aliphatic heterocycles. The number of halogens is 1. The van der Waals surface area contributed by atoms with Crippen LogP contribution in [-0.4, -0.2) is 29.9 Å². The van der Waals surface area contributed by atoms with Crippen molar-refractivity contribution in [2.45, 2.75) is 44.6 Å². The number of amides is 1. The van der Waals surface area contributed by atoms with Crippen molar-refractivity contribution in [3.63, 3.8) is 0 Å². The van der Waals surface area contributed by atoms with Crippen molar-refractivity contribution in [2.75, 3.05) is 13.1 Å². The highest BCUT2D eigenvalue weighted by atomic mass is 35.5. The van der Waals surface area contributed by atoms with E-state index in [1.807, 2.05) is 0 Å². The molecule has 3 fully saturated rings. The zero-order valence-corrected chi connectivity index (χ0v) is 15.3. The average Bonchev–Trinajstić information content (AvgIpc) is 3.16. The molecule has 4 rings (SSSR count). The van der Waals surface area contributed by atoms with Gasteiger partial charge in [0.05, 0.1) is 5.92 Å². The van der Waals surface area contributed by atoms with E-state index in [2.05, 4.69) is 42.2 Å². The van der Waals surface area contributed by atoms with Crippen LogP contribution in [0.5, 0.6) is 0 Å². The number of hydrogen-bond acceptors (Lipinski definition) is 2. The quantitative estimate of drug-likeness (QED) is 0.890. The van der Waals surface area contributed by atoms with Gasteiger partial charge < -0.3 is 10.6 Å². The molecule has 1 aromatic carbocycles. The van der Waals surface area contributed by atoms with Crippen LogP contribution in [0.15, 0.2) is 30.3 Å². The lowest BCUT2D eigenvalue weighted by Gasteiger charge is -2.40. The highest BCUT2D eigenvalue weighted by Gasteiger charge is 2.50. The van der Waals surface area contributed by atoms with Gasteiger partial charge in [-0.3, -0.25) is 4.79 Å². The fourth-order valence-electron chi connectivity index (χ4n) is 5.45. The summed E-state index contributed by atoms with van der Waals surface area (Å²) in [7, 11) is 0. The maximum atomic E-state index is 13.0. The lowest BCUT2D eigenvalue weighted by molar-refractivity contribution is -0.139. The lowest BCUT2D eigenvalue weighted by Crippen LogP contribution is -2.50. The monoisotopic (exact) mass is 348 g/mol. The van der Waals surface area contributed by atoms with Crippen molar-refractivity contribution < 1.29 is 4.79 Å². The van der Waals surface area contributed by atoms with E-state index in [-0.39, 0.29) is 24.4 Å². The fraction of sp³-hybridized carbons (Fsp3) is 0.650. The fourth-order valence-corrected chi connectivity index (χ4v) is 5.45. The van der Waals surface area contributed by atoms with Crippen molar-refractivity contribution in [3.8, 4) is 0 Å². The number of nitrogens with zero attached hydrogens (tertiary/aromatic N) is 1. The first-order valence-corrected chi connectivity index (χ1v) is 9.24. The number of hydrogen-bond donors (Lipinski definition) is 1. The lowest BCUT2D eigenvalue weighted by atomic mass is 9.79. The molecule has 132 valence electrons. The summed E-state index contributed by atoms with van der Waals surface area (Å²) in [5.41, 5.74) is 7.80. The molecule has 0 radical (unpaired) electrons. The van der Waals surface area contributed by atoms with E-state index in [4.69, 9.17) is 5.73 Å². The van der Waals surface area contributed by atoms with E-state index in [1.165, 1.54) is 24.8 Å². The van der Waals surface area contributed by atoms with Gasteiger partial charge in [0, 0.05) is 19.1 Å². The smallest absolute Gasteiger partial charge is 0.227 e. The third kappa shape index (κ3) is 2.97. The summed E-state index contributed by atoms with van der Waals surface area (Å²) in [6.45, 7) is 4.07. The van der Waals surface area contributed by atoms with Crippen molar-refractivity contribution in [2.24, 2.45) is 29.4 Å². The predicted molar refractivity (Wildman–Crippen MR) is 99.1 cm³/mol. The summed E-state index contributed by atoms with van der Waals surface area (Å²) in [6, 6.07) is 10.9. The van der Waals surface area contributed by atoms with Gasteiger partial charge in [0.15, 0.2) is 0 Å². The molecule has 1 amide bonds. The Labute approximate surface area is 151 Å². The summed E-state index contributed by atoms with van der Waals surface area (Å²) in [5.74, 6) is 2.72. The number of carbonyl (C=O) groups is 1. The van der Waals surface area contributed by atoms with Crippen molar-refractivity contribution in [3.05, 3.63) is 35.9 Å². The topological polar surface area (TPSA) is 46.3 Å². The van der Waals surface area contributed by atoms with E-state index in [1.54, 1.807) is 0 Å². The first kappa shape index (κ1) is 17.8. The number of nitrogens with two attached hydrogens (primary N) is 1. The van der Waals surface area contributed by atoms with Crippen LogP contribution in [0.3, 0.4) is 0 Å². The van der Waals surface area contributed by atoms with Crippen molar-refractivity contribution in [1.29, 1.82) is 0 Å². The molecule has 4 heteroatoms. The van der Waals surface area contributed by atoms with Crippen molar-refractivity contribution >= 4 is 18.3 Å². The summed E-state index contributed by atoms with van der Waals surface area (Å²) in [4.78, 5) is 15.2. The van der Waals surface area contributed by atoms with Gasteiger partial charge in [0.2, 0.25) is 5.91 Å². The van der Waals surface area contributed by atoms with Gasteiger partial charge in [-0.1, -0.05) is 37.3 Å². The Morgan fingerprint density at radius 3 is 2.46 bits per heavy atom. The van der Waals surface area contributed by atoms with Crippen LogP contribution in [0.25, 0.3) is 0 Å². The SMILES string of the molecule is CC1CN(C(=O)C2C3CCC(C3)C2N)CCC1c1ccccc1.Cl. The molecule has 24 heavy (non-hydrogen) atoms. The number of carbonyl (C=O) groups excluding carboxylic acids is 1. The van der Waals surface area contributed by atoms with Crippen LogP contribution in [0.1, 0.15) is 44.1 Å². The van der Waals surface area contributed by atoms with Crippen LogP contribution < -0.4 is 5.73 Å². The number of fused-ring (bicyclic) bond motifs is 2. The van der Waals surface area contributed by atoms with E-state index >= 15 is 0 Å². The summed E-state index contributed by atoms with van der Waals surface area (Å²) < 4.78 is 0. The van der Waals surface area contributed by atoms with Crippen molar-refractivity contribution in [1.82, 2.24) is 4.90 Å². The third-order valence-electron chi connectivity index (χ3n) is 6.71. The number of likely N-dealkylation sites (tertiary alicyclic amines) is 1. The second-order valence-corrected chi connectivity index (χ2v) is 8.00. The number of piperidine rings is 1. The second kappa shape index (κ2) is 7.05. The van der Waals surface area contributed by atoms with Crippen LogP contribution in [0.2, 0.25) is 0 Å². The molecule has 2 N–H and O–H groups in total. The first-order chi connectivity index (χ1) is 11.1. The van der Waals surface area contributed by atoms with Gasteiger partial charge in [-0.2, -0.15) is 0 Å². The molecule has 3 aliphatic rings. The van der Waals surface area contributed by atoms with Crippen LogP contribution in [0.4, 0.5) is 0 Å². The molecule has 2 aliphatic carbocycles. The van der Waals surface area contributed by atoms with Crippen LogP contribution in [0, 0.1) is 23.7 Å². The van der Waals surface area contributed by atoms with Gasteiger partial charge in [0.1, 0.15) is 0 Å². The van der Waals surface area contributed by atoms with E-state index in [0.29, 0.717) is 29.6 Å². The minimum atomic E-state index is 0. The molecule has 2 bridgehead atoms. The molecule has 2 saturated carbocycles. The Kier molecular flexibility index (Phi) is 5.22. The van der Waals surface area contributed by atoms with Gasteiger partial charge >= 0.3 is 0 Å². The Balaban J connectivity index is 0.00000169. The molecule has 0 spiro atoms. The maximum Gasteiger partial charge on any atom is 0.227 e. The molecule has 6 unspecified atom stereocenters. The zero-order valence-electron chi connectivity index (χ0n) is 14.4. The molecule has 1 aromatic rings. The van der Waals surface area contributed by atoms with Crippen LogP contribution >= 0.6 is 12.4 Å². The summed E-state index contributed by atoms with van der Waals surface area (Å²) >= 11 is 0. The second-order valence-electron chi connectivity index (χ2n) is 8.00. The molecule has 3 nitrogen and oxygen atoms in total. The summed E-state index contributed by atoms with van der Waals surface area (Å²) in [5, 5.41) is 0. The Morgan fingerprint density at radius 1 is 1.12 bits per heavy atom. The largest absolute Gasteiger partial charge is 0.342 e. The number of benzene rings is 1. The summed E-state index contributed by atoms with van der Waals surface area (Å²) in [6.07, 6.45) is 4.72. The first-order valence-electron chi connectivity index (χ1n) is 9.24. The van der Waals surface area contributed by atoms with Gasteiger partial charge in [-0.25, -0.2) is 0 Å². The molecule has 1 heterocycles. The predicted octanol–water partition coefficient (Wildman–Crippen LogP) is 3.43. The molecular weight excluding hydrogens is 320 g/mol. The third-order valence-corrected chi connectivity index (χ3v) is 6.71. The van der Waals surface area contributed by atoms with E-state index in [0.717, 1.165) is 19.5 Å².